The zero-order valence-electron chi connectivity index (χ0n) is 14.8. The lowest BCUT2D eigenvalue weighted by Crippen LogP contribution is -2.22. The summed E-state index contributed by atoms with van der Waals surface area (Å²) in [6.07, 6.45) is 0. The first-order chi connectivity index (χ1) is 12.7. The van der Waals surface area contributed by atoms with Gasteiger partial charge in [-0.1, -0.05) is 0 Å². The number of hydrogen-bond donors (Lipinski definition) is 1. The van der Waals surface area contributed by atoms with Crippen LogP contribution in [-0.2, 0) is 10.0 Å². The van der Waals surface area contributed by atoms with Gasteiger partial charge in [0.1, 0.15) is 5.58 Å². The number of sulfonamides is 1. The van der Waals surface area contributed by atoms with Gasteiger partial charge in [-0.05, 0) is 31.2 Å². The predicted octanol–water partition coefficient (Wildman–Crippen LogP) is 2.29. The van der Waals surface area contributed by atoms with E-state index in [2.05, 4.69) is 0 Å². The second-order valence-corrected chi connectivity index (χ2v) is 8.12. The van der Waals surface area contributed by atoms with Crippen molar-refractivity contribution in [1.29, 1.82) is 0 Å². The van der Waals surface area contributed by atoms with Crippen LogP contribution in [0.2, 0.25) is 0 Å². The Morgan fingerprint density at radius 2 is 1.89 bits per heavy atom. The maximum absolute atomic E-state index is 13.0. The normalized spacial score (nSPS) is 12.0. The highest BCUT2D eigenvalue weighted by molar-refractivity contribution is 7.89. The van der Waals surface area contributed by atoms with Gasteiger partial charge in [0.15, 0.2) is 11.3 Å². The second-order valence-electron chi connectivity index (χ2n) is 5.97. The van der Waals surface area contributed by atoms with Gasteiger partial charge in [0.2, 0.25) is 15.5 Å². The number of rotatable bonds is 5. The third-order valence-corrected chi connectivity index (χ3v) is 5.83. The summed E-state index contributed by atoms with van der Waals surface area (Å²) in [5.74, 6) is -1.06. The quantitative estimate of drug-likeness (QED) is 0.664. The van der Waals surface area contributed by atoms with Gasteiger partial charge < -0.3 is 14.3 Å². The number of fused-ring (bicyclic) bond motifs is 2. The van der Waals surface area contributed by atoms with E-state index in [1.165, 1.54) is 44.4 Å². The molecule has 8 nitrogen and oxygen atoms in total. The Kier molecular flexibility index (Phi) is 4.66. The lowest BCUT2D eigenvalue weighted by molar-refractivity contribution is 0.0697. The van der Waals surface area contributed by atoms with Crippen LogP contribution in [-0.4, -0.2) is 44.5 Å². The summed E-state index contributed by atoms with van der Waals surface area (Å²) in [4.78, 5) is 24.0. The highest BCUT2D eigenvalue weighted by Crippen LogP contribution is 2.31. The van der Waals surface area contributed by atoms with Crippen LogP contribution in [0.15, 0.2) is 44.4 Å². The van der Waals surface area contributed by atoms with E-state index in [1.807, 2.05) is 0 Å². The summed E-state index contributed by atoms with van der Waals surface area (Å²) in [5.41, 5.74) is -0.320. The molecular weight excluding hydrogens is 374 g/mol. The molecule has 0 unspecified atom stereocenters. The molecule has 0 aliphatic carbocycles. The van der Waals surface area contributed by atoms with E-state index < -0.39 is 21.4 Å². The standard InChI is InChI=1S/C18H17NO7S/c1-4-25-15-9-11(27(23,24)19(2)3)8-13-16(20)12-7-10(18(21)22)5-6-14(12)26-17(13)15/h5-9H,4H2,1-3H3,(H,21,22). The molecule has 0 amide bonds. The Balaban J connectivity index is 2.45. The topological polar surface area (TPSA) is 114 Å². The van der Waals surface area contributed by atoms with Crippen molar-refractivity contribution in [3.63, 3.8) is 0 Å². The number of ether oxygens (including phenoxy) is 1. The number of carboxylic acids is 1. The van der Waals surface area contributed by atoms with Gasteiger partial charge in [0.25, 0.3) is 0 Å². The summed E-state index contributed by atoms with van der Waals surface area (Å²) in [5, 5.41) is 9.18. The molecule has 0 aliphatic rings. The fraction of sp³-hybridized carbons (Fsp3) is 0.222. The first kappa shape index (κ1) is 18.9. The first-order valence-electron chi connectivity index (χ1n) is 8.00. The fourth-order valence-electron chi connectivity index (χ4n) is 2.66. The van der Waals surface area contributed by atoms with E-state index in [9.17, 15) is 18.0 Å². The highest BCUT2D eigenvalue weighted by atomic mass is 32.2. The maximum Gasteiger partial charge on any atom is 0.335 e. The average molecular weight is 391 g/mol. The second kappa shape index (κ2) is 6.67. The van der Waals surface area contributed by atoms with Crippen LogP contribution < -0.4 is 10.2 Å². The Morgan fingerprint density at radius 3 is 2.48 bits per heavy atom. The third-order valence-electron chi connectivity index (χ3n) is 4.03. The third kappa shape index (κ3) is 3.15. The molecule has 2 aromatic carbocycles. The lowest BCUT2D eigenvalue weighted by atomic mass is 10.1. The highest BCUT2D eigenvalue weighted by Gasteiger charge is 2.23. The van der Waals surface area contributed by atoms with Gasteiger partial charge in [-0.3, -0.25) is 4.79 Å². The average Bonchev–Trinajstić information content (AvgIpc) is 2.62. The largest absolute Gasteiger partial charge is 0.490 e. The number of hydrogen-bond acceptors (Lipinski definition) is 6. The minimum Gasteiger partial charge on any atom is -0.490 e. The molecule has 0 saturated carbocycles. The molecule has 0 fully saturated rings. The van der Waals surface area contributed by atoms with Gasteiger partial charge >= 0.3 is 5.97 Å². The van der Waals surface area contributed by atoms with Gasteiger partial charge in [-0.25, -0.2) is 17.5 Å². The number of benzene rings is 2. The van der Waals surface area contributed by atoms with Crippen molar-refractivity contribution in [3.05, 3.63) is 46.1 Å². The van der Waals surface area contributed by atoms with Crippen LogP contribution in [0.25, 0.3) is 21.9 Å². The van der Waals surface area contributed by atoms with Crippen LogP contribution >= 0.6 is 0 Å². The van der Waals surface area contributed by atoms with Crippen molar-refractivity contribution in [2.75, 3.05) is 20.7 Å². The van der Waals surface area contributed by atoms with Crippen molar-refractivity contribution in [1.82, 2.24) is 4.31 Å². The minimum atomic E-state index is -3.82. The van der Waals surface area contributed by atoms with Crippen molar-refractivity contribution in [3.8, 4) is 5.75 Å². The van der Waals surface area contributed by atoms with E-state index in [0.29, 0.717) is 0 Å². The molecule has 0 radical (unpaired) electrons. The van der Waals surface area contributed by atoms with E-state index in [1.54, 1.807) is 6.92 Å². The van der Waals surface area contributed by atoms with Crippen LogP contribution in [0.5, 0.6) is 5.75 Å². The smallest absolute Gasteiger partial charge is 0.335 e. The van der Waals surface area contributed by atoms with Crippen LogP contribution in [0.3, 0.4) is 0 Å². The molecule has 0 bridgehead atoms. The molecule has 1 heterocycles. The first-order valence-corrected chi connectivity index (χ1v) is 9.44. The van der Waals surface area contributed by atoms with Gasteiger partial charge in [-0.15, -0.1) is 0 Å². The molecule has 0 saturated heterocycles. The Bertz CT molecular complexity index is 1230. The molecule has 0 spiro atoms. The molecule has 0 aliphatic heterocycles. The fourth-order valence-corrected chi connectivity index (χ4v) is 3.60. The summed E-state index contributed by atoms with van der Waals surface area (Å²) >= 11 is 0. The molecule has 142 valence electrons. The Hall–Kier alpha value is -2.91. The molecule has 3 aromatic rings. The van der Waals surface area contributed by atoms with Gasteiger partial charge in [0, 0.05) is 20.2 Å². The molecule has 0 atom stereocenters. The molecular formula is C18H17NO7S. The van der Waals surface area contributed by atoms with Crippen LogP contribution in [0, 0.1) is 0 Å². The molecule has 1 N–H and O–H groups in total. The molecule has 1 aromatic heterocycles. The number of carboxylic acid groups (broad SMARTS) is 1. The van der Waals surface area contributed by atoms with Crippen LogP contribution in [0.4, 0.5) is 0 Å². The minimum absolute atomic E-state index is 0.00332. The number of nitrogens with zero attached hydrogens (tertiary/aromatic N) is 1. The van der Waals surface area contributed by atoms with Gasteiger partial charge in [0.05, 0.1) is 27.8 Å². The SMILES string of the molecule is CCOc1cc(S(=O)(=O)N(C)C)cc2c(=O)c3cc(C(=O)O)ccc3oc12. The summed E-state index contributed by atoms with van der Waals surface area (Å²) in [6, 6.07) is 6.44. The van der Waals surface area contributed by atoms with Crippen molar-refractivity contribution >= 4 is 37.9 Å². The summed E-state index contributed by atoms with van der Waals surface area (Å²) in [6.45, 7) is 1.96. The van der Waals surface area contributed by atoms with E-state index >= 15 is 0 Å². The van der Waals surface area contributed by atoms with E-state index in [4.69, 9.17) is 14.3 Å². The van der Waals surface area contributed by atoms with Crippen LogP contribution in [0.1, 0.15) is 17.3 Å². The molecule has 3 rings (SSSR count). The Morgan fingerprint density at radius 1 is 1.19 bits per heavy atom. The number of carbonyl (C=O) groups is 1. The number of aromatic carboxylic acids is 1. The molecule has 27 heavy (non-hydrogen) atoms. The van der Waals surface area contributed by atoms with Gasteiger partial charge in [-0.2, -0.15) is 0 Å². The van der Waals surface area contributed by atoms with Crippen molar-refractivity contribution in [2.45, 2.75) is 11.8 Å². The lowest BCUT2D eigenvalue weighted by Gasteiger charge is -2.14. The monoisotopic (exact) mass is 391 g/mol. The van der Waals surface area contributed by atoms with E-state index in [0.717, 1.165) is 4.31 Å². The summed E-state index contributed by atoms with van der Waals surface area (Å²) < 4.78 is 37.3. The maximum atomic E-state index is 13.0. The predicted molar refractivity (Wildman–Crippen MR) is 99.0 cm³/mol. The zero-order valence-corrected chi connectivity index (χ0v) is 15.7. The van der Waals surface area contributed by atoms with E-state index in [-0.39, 0.29) is 44.8 Å². The molecule has 9 heteroatoms. The van der Waals surface area contributed by atoms with Crippen molar-refractivity contribution < 1.29 is 27.5 Å². The summed E-state index contributed by atoms with van der Waals surface area (Å²) in [7, 11) is -1.07. The zero-order chi connectivity index (χ0) is 19.9. The van der Waals surface area contributed by atoms with Crippen molar-refractivity contribution in [2.24, 2.45) is 0 Å². The Labute approximate surface area is 154 Å².